The van der Waals surface area contributed by atoms with E-state index in [2.05, 4.69) is 26.7 Å². The number of thiophene rings is 1. The molecule has 0 atom stereocenters. The topological polar surface area (TPSA) is 99.9 Å². The first-order valence-electron chi connectivity index (χ1n) is 11.5. The predicted molar refractivity (Wildman–Crippen MR) is 132 cm³/mol. The Bertz CT molecular complexity index is 1310. The highest BCUT2D eigenvalue weighted by molar-refractivity contribution is 7.10. The second-order valence-electron chi connectivity index (χ2n) is 8.41. The first-order chi connectivity index (χ1) is 17.1. The van der Waals surface area contributed by atoms with E-state index in [1.54, 1.807) is 42.2 Å². The third kappa shape index (κ3) is 4.41. The molecule has 0 bridgehead atoms. The molecule has 0 spiro atoms. The summed E-state index contributed by atoms with van der Waals surface area (Å²) < 4.78 is 18.2. The fraction of sp³-hybridized carbons (Fsp3) is 0.360. The molecule has 1 aliphatic rings. The average Bonchev–Trinajstić information content (AvgIpc) is 3.66. The number of amides is 1. The molecule has 1 amide bonds. The Labute approximate surface area is 207 Å². The maximum Gasteiger partial charge on any atom is 0.231 e. The molecule has 1 N–H and O–H groups in total. The summed E-state index contributed by atoms with van der Waals surface area (Å²) in [6.07, 6.45) is 3.94. The quantitative estimate of drug-likeness (QED) is 0.353. The third-order valence-corrected chi connectivity index (χ3v) is 7.48. The van der Waals surface area contributed by atoms with Gasteiger partial charge >= 0.3 is 0 Å². The van der Waals surface area contributed by atoms with Gasteiger partial charge in [0, 0.05) is 16.5 Å². The summed E-state index contributed by atoms with van der Waals surface area (Å²) in [5.41, 5.74) is 0.972. The zero-order chi connectivity index (χ0) is 24.3. The second kappa shape index (κ2) is 9.91. The molecule has 3 heterocycles. The third-order valence-electron chi connectivity index (χ3n) is 6.40. The van der Waals surface area contributed by atoms with Gasteiger partial charge < -0.3 is 19.5 Å². The number of hydrogen-bond acceptors (Lipinski definition) is 8. The van der Waals surface area contributed by atoms with Gasteiger partial charge in [-0.25, -0.2) is 0 Å². The number of aromatic nitrogens is 4. The number of rotatable bonds is 9. The SMILES string of the molecule is COc1ccc(-c2nnc3ccc(OCCNC(=O)C4(c5cccs5)CCCC4)nn23)cc1OC. The highest BCUT2D eigenvalue weighted by Gasteiger charge is 2.43. The monoisotopic (exact) mass is 493 g/mol. The van der Waals surface area contributed by atoms with Gasteiger partial charge in [-0.15, -0.1) is 26.6 Å². The van der Waals surface area contributed by atoms with Gasteiger partial charge in [-0.1, -0.05) is 18.9 Å². The fourth-order valence-electron chi connectivity index (χ4n) is 4.61. The number of benzene rings is 1. The van der Waals surface area contributed by atoms with Crippen molar-refractivity contribution in [3.8, 4) is 28.8 Å². The maximum absolute atomic E-state index is 13.1. The van der Waals surface area contributed by atoms with E-state index in [0.717, 1.165) is 36.1 Å². The summed E-state index contributed by atoms with van der Waals surface area (Å²) in [7, 11) is 3.18. The van der Waals surface area contributed by atoms with Crippen molar-refractivity contribution in [2.75, 3.05) is 27.4 Å². The molecule has 4 aromatic rings. The number of carbonyl (C=O) groups is 1. The van der Waals surface area contributed by atoms with Crippen LogP contribution in [0.3, 0.4) is 0 Å². The summed E-state index contributed by atoms with van der Waals surface area (Å²) >= 11 is 1.66. The number of nitrogens with zero attached hydrogens (tertiary/aromatic N) is 4. The molecule has 1 aliphatic carbocycles. The Balaban J connectivity index is 1.26. The molecule has 1 fully saturated rings. The van der Waals surface area contributed by atoms with Crippen LogP contribution in [0.4, 0.5) is 0 Å². The van der Waals surface area contributed by atoms with E-state index < -0.39 is 5.41 Å². The molecule has 5 rings (SSSR count). The lowest BCUT2D eigenvalue weighted by molar-refractivity contribution is -0.126. The molecular weight excluding hydrogens is 466 g/mol. The maximum atomic E-state index is 13.1. The van der Waals surface area contributed by atoms with Crippen molar-refractivity contribution < 1.29 is 19.0 Å². The zero-order valence-corrected chi connectivity index (χ0v) is 20.5. The van der Waals surface area contributed by atoms with Crippen LogP contribution in [-0.4, -0.2) is 53.1 Å². The van der Waals surface area contributed by atoms with Crippen LogP contribution >= 0.6 is 11.3 Å². The van der Waals surface area contributed by atoms with Crippen LogP contribution in [0.15, 0.2) is 47.8 Å². The van der Waals surface area contributed by atoms with Crippen molar-refractivity contribution in [3.63, 3.8) is 0 Å². The molecule has 182 valence electrons. The van der Waals surface area contributed by atoms with Crippen molar-refractivity contribution in [2.45, 2.75) is 31.1 Å². The van der Waals surface area contributed by atoms with Gasteiger partial charge in [0.25, 0.3) is 0 Å². The van der Waals surface area contributed by atoms with E-state index in [1.165, 1.54) is 0 Å². The number of nitrogens with one attached hydrogen (secondary N) is 1. The lowest BCUT2D eigenvalue weighted by Gasteiger charge is -2.26. The highest BCUT2D eigenvalue weighted by atomic mass is 32.1. The van der Waals surface area contributed by atoms with Crippen molar-refractivity contribution in [1.29, 1.82) is 0 Å². The lowest BCUT2D eigenvalue weighted by atomic mass is 9.83. The van der Waals surface area contributed by atoms with E-state index >= 15 is 0 Å². The minimum Gasteiger partial charge on any atom is -0.493 e. The van der Waals surface area contributed by atoms with Crippen LogP contribution in [0.5, 0.6) is 17.4 Å². The number of carbonyl (C=O) groups excluding carboxylic acids is 1. The van der Waals surface area contributed by atoms with Crippen molar-refractivity contribution in [2.24, 2.45) is 0 Å². The Hall–Kier alpha value is -3.66. The smallest absolute Gasteiger partial charge is 0.231 e. The van der Waals surface area contributed by atoms with Gasteiger partial charge in [0.1, 0.15) is 6.61 Å². The first-order valence-corrected chi connectivity index (χ1v) is 12.4. The van der Waals surface area contributed by atoms with Crippen LogP contribution < -0.4 is 19.5 Å². The van der Waals surface area contributed by atoms with Gasteiger partial charge in [0.15, 0.2) is 23.0 Å². The van der Waals surface area contributed by atoms with E-state index in [-0.39, 0.29) is 5.91 Å². The zero-order valence-electron chi connectivity index (χ0n) is 19.7. The van der Waals surface area contributed by atoms with Gasteiger partial charge in [0.2, 0.25) is 11.8 Å². The van der Waals surface area contributed by atoms with Crippen LogP contribution in [0, 0.1) is 0 Å². The van der Waals surface area contributed by atoms with Crippen molar-refractivity contribution in [1.82, 2.24) is 25.1 Å². The number of ether oxygens (including phenoxy) is 3. The normalized spacial score (nSPS) is 14.7. The van der Waals surface area contributed by atoms with E-state index in [0.29, 0.717) is 42.0 Å². The molecule has 35 heavy (non-hydrogen) atoms. The summed E-state index contributed by atoms with van der Waals surface area (Å²) in [6.45, 7) is 0.703. The molecule has 0 aliphatic heterocycles. The molecular formula is C25H27N5O4S. The summed E-state index contributed by atoms with van der Waals surface area (Å²) in [5, 5.41) is 18.1. The van der Waals surface area contributed by atoms with Crippen LogP contribution in [0.25, 0.3) is 17.0 Å². The predicted octanol–water partition coefficient (Wildman–Crippen LogP) is 3.88. The Morgan fingerprint density at radius 3 is 2.66 bits per heavy atom. The second-order valence-corrected chi connectivity index (χ2v) is 9.35. The van der Waals surface area contributed by atoms with Gasteiger partial charge in [-0.3, -0.25) is 4.79 Å². The average molecular weight is 494 g/mol. The van der Waals surface area contributed by atoms with E-state index in [9.17, 15) is 4.79 Å². The number of hydrogen-bond donors (Lipinski definition) is 1. The standard InChI is InChI=1S/C25H27N5O4S/c1-32-18-8-7-17(16-19(18)33-2)23-28-27-21-9-10-22(29-30(21)23)34-14-13-26-24(31)25(11-3-4-12-25)20-6-5-15-35-20/h5-10,15-16H,3-4,11-14H2,1-2H3,(H,26,31). The minimum absolute atomic E-state index is 0.0824. The van der Waals surface area contributed by atoms with E-state index in [1.807, 2.05) is 29.6 Å². The largest absolute Gasteiger partial charge is 0.493 e. The Kier molecular flexibility index (Phi) is 6.54. The fourth-order valence-corrected chi connectivity index (χ4v) is 5.59. The Morgan fingerprint density at radius 2 is 1.91 bits per heavy atom. The first kappa shape index (κ1) is 23.1. The lowest BCUT2D eigenvalue weighted by Crippen LogP contribution is -2.43. The summed E-state index contributed by atoms with van der Waals surface area (Å²) in [5.74, 6) is 2.27. The van der Waals surface area contributed by atoms with Crippen LogP contribution in [-0.2, 0) is 10.2 Å². The molecule has 0 radical (unpaired) electrons. The summed E-state index contributed by atoms with van der Waals surface area (Å²) in [6, 6.07) is 13.1. The number of methoxy groups -OCH3 is 2. The molecule has 9 nitrogen and oxygen atoms in total. The molecule has 0 unspecified atom stereocenters. The van der Waals surface area contributed by atoms with Crippen LogP contribution in [0.2, 0.25) is 0 Å². The molecule has 0 saturated heterocycles. The van der Waals surface area contributed by atoms with E-state index in [4.69, 9.17) is 14.2 Å². The molecule has 3 aromatic heterocycles. The molecule has 1 aromatic carbocycles. The molecule has 1 saturated carbocycles. The van der Waals surface area contributed by atoms with Gasteiger partial charge in [0.05, 0.1) is 26.2 Å². The van der Waals surface area contributed by atoms with Gasteiger partial charge in [-0.05, 0) is 48.6 Å². The van der Waals surface area contributed by atoms with Gasteiger partial charge in [-0.2, -0.15) is 4.52 Å². The van der Waals surface area contributed by atoms with Crippen molar-refractivity contribution in [3.05, 3.63) is 52.7 Å². The van der Waals surface area contributed by atoms with Crippen molar-refractivity contribution >= 4 is 22.9 Å². The molecule has 10 heteroatoms. The van der Waals surface area contributed by atoms with Crippen LogP contribution in [0.1, 0.15) is 30.6 Å². The Morgan fingerprint density at radius 1 is 1.09 bits per heavy atom. The minimum atomic E-state index is -0.401. The number of fused-ring (bicyclic) bond motifs is 1. The summed E-state index contributed by atoms with van der Waals surface area (Å²) in [4.78, 5) is 14.3. The highest BCUT2D eigenvalue weighted by Crippen LogP contribution is 2.43.